The molecule has 3 aromatic carbocycles. The van der Waals surface area contributed by atoms with Gasteiger partial charge >= 0.3 is 0 Å². The molecule has 0 amide bonds. The van der Waals surface area contributed by atoms with Gasteiger partial charge in [-0.3, -0.25) is 4.79 Å². The minimum absolute atomic E-state index is 0.121. The lowest BCUT2D eigenvalue weighted by Crippen LogP contribution is -2.05. The van der Waals surface area contributed by atoms with E-state index in [0.717, 1.165) is 5.56 Å². The number of hydrogen-bond acceptors (Lipinski definition) is 5. The summed E-state index contributed by atoms with van der Waals surface area (Å²) in [4.78, 5) is 12.9. The number of benzene rings is 3. The number of hydrogen-bond donors (Lipinski definition) is 1. The molecule has 0 spiro atoms. The highest BCUT2D eigenvalue weighted by molar-refractivity contribution is 5.88. The van der Waals surface area contributed by atoms with Gasteiger partial charge in [0.25, 0.3) is 0 Å². The number of fused-ring (bicyclic) bond motifs is 1. The second kappa shape index (κ2) is 8.57. The molecule has 30 heavy (non-hydrogen) atoms. The van der Waals surface area contributed by atoms with Crippen molar-refractivity contribution < 1.29 is 19.0 Å². The van der Waals surface area contributed by atoms with Gasteiger partial charge in [-0.1, -0.05) is 48.5 Å². The summed E-state index contributed by atoms with van der Waals surface area (Å²) in [5, 5.41) is 10.6. The fourth-order valence-electron chi connectivity index (χ4n) is 3.15. The first-order valence-electron chi connectivity index (χ1n) is 9.43. The average molecular weight is 400 g/mol. The molecular weight excluding hydrogens is 380 g/mol. The van der Waals surface area contributed by atoms with Gasteiger partial charge in [-0.15, -0.1) is 0 Å². The zero-order chi connectivity index (χ0) is 20.9. The minimum atomic E-state index is -0.311. The van der Waals surface area contributed by atoms with E-state index in [2.05, 4.69) is 0 Å². The third kappa shape index (κ3) is 4.05. The van der Waals surface area contributed by atoms with Crippen LogP contribution in [0.1, 0.15) is 5.56 Å². The maximum atomic E-state index is 12.9. The Morgan fingerprint density at radius 3 is 2.50 bits per heavy atom. The number of methoxy groups -OCH3 is 1. The number of rotatable bonds is 6. The van der Waals surface area contributed by atoms with Gasteiger partial charge in [0.2, 0.25) is 5.43 Å². The Morgan fingerprint density at radius 1 is 1.00 bits per heavy atom. The first-order chi connectivity index (χ1) is 14.7. The number of phenolic OH excluding ortho intramolecular Hbond substituents is 1. The maximum Gasteiger partial charge on any atom is 0.204 e. The minimum Gasteiger partial charge on any atom is -0.507 e. The van der Waals surface area contributed by atoms with Gasteiger partial charge in [-0.2, -0.15) is 0 Å². The third-order valence-electron chi connectivity index (χ3n) is 4.69. The van der Waals surface area contributed by atoms with Gasteiger partial charge in [0, 0.05) is 12.1 Å². The second-order valence-electron chi connectivity index (χ2n) is 6.65. The van der Waals surface area contributed by atoms with Crippen LogP contribution < -0.4 is 14.9 Å². The number of aromatic hydroxyl groups is 1. The van der Waals surface area contributed by atoms with Gasteiger partial charge in [0.15, 0.2) is 0 Å². The summed E-state index contributed by atoms with van der Waals surface area (Å²) in [7, 11) is 1.58. The highest BCUT2D eigenvalue weighted by Gasteiger charge is 2.14. The second-order valence-corrected chi connectivity index (χ2v) is 6.65. The molecule has 150 valence electrons. The van der Waals surface area contributed by atoms with E-state index in [1.807, 2.05) is 42.5 Å². The van der Waals surface area contributed by atoms with Crippen LogP contribution in [0.2, 0.25) is 0 Å². The van der Waals surface area contributed by atoms with E-state index in [0.29, 0.717) is 29.2 Å². The summed E-state index contributed by atoms with van der Waals surface area (Å²) >= 11 is 0. The zero-order valence-electron chi connectivity index (χ0n) is 16.4. The van der Waals surface area contributed by atoms with Gasteiger partial charge in [-0.05, 0) is 29.3 Å². The van der Waals surface area contributed by atoms with Crippen LogP contribution in [-0.2, 0) is 0 Å². The van der Waals surface area contributed by atoms with Crippen molar-refractivity contribution in [1.82, 2.24) is 0 Å². The molecule has 0 bridgehead atoms. The molecule has 0 aliphatic heterocycles. The van der Waals surface area contributed by atoms with Crippen molar-refractivity contribution in [2.24, 2.45) is 0 Å². The van der Waals surface area contributed by atoms with Crippen molar-refractivity contribution in [3.05, 3.63) is 94.9 Å². The largest absolute Gasteiger partial charge is 0.507 e. The van der Waals surface area contributed by atoms with Crippen molar-refractivity contribution in [3.8, 4) is 28.4 Å². The molecule has 0 unspecified atom stereocenters. The van der Waals surface area contributed by atoms with E-state index in [9.17, 15) is 9.90 Å². The Morgan fingerprint density at radius 2 is 1.77 bits per heavy atom. The SMILES string of the molecule is COc1ccc(-c2coc3cc(OC/C=C/c4ccccc4)cc(O)c3c2=O)cc1. The molecule has 0 radical (unpaired) electrons. The predicted molar refractivity (Wildman–Crippen MR) is 117 cm³/mol. The quantitative estimate of drug-likeness (QED) is 0.478. The normalized spacial score (nSPS) is 11.1. The van der Waals surface area contributed by atoms with Crippen molar-refractivity contribution >= 4 is 17.0 Å². The summed E-state index contributed by atoms with van der Waals surface area (Å²) in [6.45, 7) is 0.313. The van der Waals surface area contributed by atoms with Crippen LogP contribution in [0.5, 0.6) is 17.2 Å². The van der Waals surface area contributed by atoms with Crippen molar-refractivity contribution in [1.29, 1.82) is 0 Å². The summed E-state index contributed by atoms with van der Waals surface area (Å²) in [5.41, 5.74) is 2.06. The highest BCUT2D eigenvalue weighted by atomic mass is 16.5. The molecule has 0 aliphatic rings. The van der Waals surface area contributed by atoms with Crippen LogP contribution in [0.15, 0.2) is 88.3 Å². The first-order valence-corrected chi connectivity index (χ1v) is 9.43. The fourth-order valence-corrected chi connectivity index (χ4v) is 3.15. The molecule has 5 nitrogen and oxygen atoms in total. The topological polar surface area (TPSA) is 68.9 Å². The summed E-state index contributed by atoms with van der Waals surface area (Å²) in [6, 6.07) is 20.0. The molecule has 1 aromatic heterocycles. The standard InChI is InChI=1S/C25H20O5/c1-28-19-11-9-18(10-12-19)21-16-30-23-15-20(14-22(26)24(23)25(21)27)29-13-5-8-17-6-3-2-4-7-17/h2-12,14-16,26H,13H2,1H3/b8-5+. The molecule has 0 fully saturated rings. The number of ether oxygens (including phenoxy) is 2. The van der Waals surface area contributed by atoms with Crippen molar-refractivity contribution in [3.63, 3.8) is 0 Å². The van der Waals surface area contributed by atoms with Crippen LogP contribution in [0, 0.1) is 0 Å². The van der Waals surface area contributed by atoms with Crippen molar-refractivity contribution in [2.45, 2.75) is 0 Å². The molecule has 0 saturated carbocycles. The van der Waals surface area contributed by atoms with Crippen LogP contribution in [-0.4, -0.2) is 18.8 Å². The van der Waals surface area contributed by atoms with Gasteiger partial charge < -0.3 is 19.0 Å². The lowest BCUT2D eigenvalue weighted by Gasteiger charge is -2.08. The van der Waals surface area contributed by atoms with E-state index in [1.54, 1.807) is 37.4 Å². The zero-order valence-corrected chi connectivity index (χ0v) is 16.4. The third-order valence-corrected chi connectivity index (χ3v) is 4.69. The molecule has 4 aromatic rings. The van der Waals surface area contributed by atoms with Crippen molar-refractivity contribution in [2.75, 3.05) is 13.7 Å². The lowest BCUT2D eigenvalue weighted by atomic mass is 10.0. The van der Waals surface area contributed by atoms with E-state index in [-0.39, 0.29) is 22.1 Å². The Kier molecular flexibility index (Phi) is 5.52. The van der Waals surface area contributed by atoms with E-state index >= 15 is 0 Å². The summed E-state index contributed by atoms with van der Waals surface area (Å²) in [6.07, 6.45) is 5.21. The van der Waals surface area contributed by atoms with Gasteiger partial charge in [0.05, 0.1) is 12.7 Å². The monoisotopic (exact) mass is 400 g/mol. The molecule has 0 aliphatic carbocycles. The Labute approximate surface area is 173 Å². The molecule has 1 heterocycles. The number of phenols is 1. The van der Waals surface area contributed by atoms with Crippen LogP contribution in [0.4, 0.5) is 0 Å². The first kappa shape index (κ1) is 19.3. The van der Waals surface area contributed by atoms with E-state index < -0.39 is 0 Å². The van der Waals surface area contributed by atoms with Gasteiger partial charge in [0.1, 0.15) is 41.1 Å². The fraction of sp³-hybridized carbons (Fsp3) is 0.0800. The molecule has 5 heteroatoms. The molecule has 1 N–H and O–H groups in total. The van der Waals surface area contributed by atoms with Crippen LogP contribution >= 0.6 is 0 Å². The highest BCUT2D eigenvalue weighted by Crippen LogP contribution is 2.30. The smallest absolute Gasteiger partial charge is 0.204 e. The Balaban J connectivity index is 1.58. The Bertz CT molecular complexity index is 1240. The summed E-state index contributed by atoms with van der Waals surface area (Å²) in [5.74, 6) is 0.923. The average Bonchev–Trinajstić information content (AvgIpc) is 2.77. The van der Waals surface area contributed by atoms with Crippen LogP contribution in [0.3, 0.4) is 0 Å². The van der Waals surface area contributed by atoms with E-state index in [1.165, 1.54) is 12.3 Å². The summed E-state index contributed by atoms with van der Waals surface area (Å²) < 4.78 is 16.5. The lowest BCUT2D eigenvalue weighted by molar-refractivity contribution is 0.360. The molecule has 0 atom stereocenters. The molecular formula is C25H20O5. The van der Waals surface area contributed by atoms with Crippen LogP contribution in [0.25, 0.3) is 28.2 Å². The van der Waals surface area contributed by atoms with Gasteiger partial charge in [-0.25, -0.2) is 0 Å². The maximum absolute atomic E-state index is 12.9. The predicted octanol–water partition coefficient (Wildman–Crippen LogP) is 5.27. The molecule has 0 saturated heterocycles. The molecule has 4 rings (SSSR count). The van der Waals surface area contributed by atoms with E-state index in [4.69, 9.17) is 13.9 Å². The Hall–Kier alpha value is -3.99.